The molecule has 0 aliphatic rings. The normalized spacial score (nSPS) is 11.6. The van der Waals surface area contributed by atoms with Crippen LogP contribution >= 0.6 is 0 Å². The number of hydrogen-bond donors (Lipinski definition) is 1. The number of nitrogens with zero attached hydrogens (tertiary/aromatic N) is 1. The smallest absolute Gasteiger partial charge is 0.237 e. The third kappa shape index (κ3) is 4.23. The average molecular weight is 234 g/mol. The highest BCUT2D eigenvalue weighted by Crippen LogP contribution is 2.03. The average Bonchev–Trinajstić information content (AvgIpc) is 2.33. The SMILES string of the molecule is CCC(C#N)C(=O)NCCc1ccc(F)cc1. The molecular weight excluding hydrogens is 219 g/mol. The van der Waals surface area contributed by atoms with Gasteiger partial charge in [-0.25, -0.2) is 4.39 Å². The number of halogens is 1. The number of carbonyl (C=O) groups is 1. The van der Waals surface area contributed by atoms with Crippen molar-refractivity contribution < 1.29 is 9.18 Å². The van der Waals surface area contributed by atoms with E-state index < -0.39 is 5.92 Å². The van der Waals surface area contributed by atoms with Crippen molar-refractivity contribution in [3.05, 3.63) is 35.6 Å². The Bertz CT molecular complexity index is 408. The maximum absolute atomic E-state index is 12.6. The first kappa shape index (κ1) is 13.2. The number of hydrogen-bond acceptors (Lipinski definition) is 2. The van der Waals surface area contributed by atoms with E-state index in [4.69, 9.17) is 5.26 Å². The molecule has 0 heterocycles. The summed E-state index contributed by atoms with van der Waals surface area (Å²) in [4.78, 5) is 11.5. The quantitative estimate of drug-likeness (QED) is 0.847. The minimum atomic E-state index is -0.580. The molecule has 1 atom stereocenters. The van der Waals surface area contributed by atoms with Crippen LogP contribution in [0.1, 0.15) is 18.9 Å². The summed E-state index contributed by atoms with van der Waals surface area (Å²) in [7, 11) is 0. The summed E-state index contributed by atoms with van der Waals surface area (Å²) in [6, 6.07) is 8.09. The Morgan fingerprint density at radius 1 is 1.47 bits per heavy atom. The maximum Gasteiger partial charge on any atom is 0.237 e. The molecule has 0 spiro atoms. The van der Waals surface area contributed by atoms with Crippen LogP contribution in [0, 0.1) is 23.1 Å². The fourth-order valence-corrected chi connectivity index (χ4v) is 1.44. The number of rotatable bonds is 5. The molecule has 90 valence electrons. The summed E-state index contributed by atoms with van der Waals surface area (Å²) in [5, 5.41) is 11.4. The Balaban J connectivity index is 2.35. The highest BCUT2D eigenvalue weighted by atomic mass is 19.1. The summed E-state index contributed by atoms with van der Waals surface area (Å²) in [6.45, 7) is 2.26. The first-order chi connectivity index (χ1) is 8.17. The van der Waals surface area contributed by atoms with Crippen molar-refractivity contribution in [2.24, 2.45) is 5.92 Å². The van der Waals surface area contributed by atoms with Gasteiger partial charge in [-0.1, -0.05) is 19.1 Å². The minimum absolute atomic E-state index is 0.239. The van der Waals surface area contributed by atoms with E-state index in [9.17, 15) is 9.18 Å². The number of nitriles is 1. The molecular formula is C13H15FN2O. The molecule has 0 aliphatic carbocycles. The summed E-state index contributed by atoms with van der Waals surface area (Å²) in [5.74, 6) is -1.09. The first-order valence-electron chi connectivity index (χ1n) is 5.59. The Labute approximate surface area is 100 Å². The third-order valence-electron chi connectivity index (χ3n) is 2.51. The van der Waals surface area contributed by atoms with E-state index in [1.165, 1.54) is 12.1 Å². The molecule has 0 aliphatic heterocycles. The lowest BCUT2D eigenvalue weighted by Crippen LogP contribution is -2.31. The van der Waals surface area contributed by atoms with Crippen molar-refractivity contribution in [1.82, 2.24) is 5.32 Å². The van der Waals surface area contributed by atoms with Crippen LogP contribution in [0.15, 0.2) is 24.3 Å². The van der Waals surface area contributed by atoms with Gasteiger partial charge in [-0.15, -0.1) is 0 Å². The molecule has 0 bridgehead atoms. The van der Waals surface area contributed by atoms with Gasteiger partial charge in [0.25, 0.3) is 0 Å². The molecule has 1 amide bonds. The van der Waals surface area contributed by atoms with Crippen LogP contribution in [0.3, 0.4) is 0 Å². The fourth-order valence-electron chi connectivity index (χ4n) is 1.44. The van der Waals surface area contributed by atoms with Crippen molar-refractivity contribution >= 4 is 5.91 Å². The van der Waals surface area contributed by atoms with Crippen LogP contribution in [0.25, 0.3) is 0 Å². The van der Waals surface area contributed by atoms with Gasteiger partial charge in [-0.3, -0.25) is 4.79 Å². The lowest BCUT2D eigenvalue weighted by molar-refractivity contribution is -0.123. The number of nitrogens with one attached hydrogen (secondary N) is 1. The predicted octanol–water partition coefficient (Wildman–Crippen LogP) is 2.03. The first-order valence-corrected chi connectivity index (χ1v) is 5.59. The van der Waals surface area contributed by atoms with Gasteiger partial charge in [0.1, 0.15) is 11.7 Å². The second-order valence-electron chi connectivity index (χ2n) is 3.76. The predicted molar refractivity (Wildman–Crippen MR) is 62.5 cm³/mol. The molecule has 1 aromatic carbocycles. The fraction of sp³-hybridized carbons (Fsp3) is 0.385. The number of benzene rings is 1. The Morgan fingerprint density at radius 2 is 2.12 bits per heavy atom. The van der Waals surface area contributed by atoms with Gasteiger partial charge < -0.3 is 5.32 Å². The molecule has 1 N–H and O–H groups in total. The van der Waals surface area contributed by atoms with Crippen molar-refractivity contribution in [3.8, 4) is 6.07 Å². The monoisotopic (exact) mass is 234 g/mol. The van der Waals surface area contributed by atoms with Gasteiger partial charge in [0.15, 0.2) is 0 Å². The Kier molecular flexibility index (Phi) is 5.15. The van der Waals surface area contributed by atoms with Crippen LogP contribution in [0.5, 0.6) is 0 Å². The summed E-state index contributed by atoms with van der Waals surface area (Å²) >= 11 is 0. The molecule has 4 heteroatoms. The Hall–Kier alpha value is -1.89. The van der Waals surface area contributed by atoms with Crippen molar-refractivity contribution in [2.45, 2.75) is 19.8 Å². The summed E-state index contributed by atoms with van der Waals surface area (Å²) in [6.07, 6.45) is 1.15. The zero-order valence-electron chi connectivity index (χ0n) is 9.74. The van der Waals surface area contributed by atoms with Gasteiger partial charge in [-0.2, -0.15) is 5.26 Å². The van der Waals surface area contributed by atoms with Crippen molar-refractivity contribution in [2.75, 3.05) is 6.54 Å². The van der Waals surface area contributed by atoms with Crippen LogP contribution < -0.4 is 5.32 Å². The van der Waals surface area contributed by atoms with Gasteiger partial charge in [0.05, 0.1) is 6.07 Å². The van der Waals surface area contributed by atoms with Crippen LogP contribution in [-0.2, 0) is 11.2 Å². The lowest BCUT2D eigenvalue weighted by atomic mass is 10.1. The van der Waals surface area contributed by atoms with Crippen molar-refractivity contribution in [1.29, 1.82) is 5.26 Å². The molecule has 3 nitrogen and oxygen atoms in total. The molecule has 1 rings (SSSR count). The molecule has 0 aromatic heterocycles. The Morgan fingerprint density at radius 3 is 2.65 bits per heavy atom. The highest BCUT2D eigenvalue weighted by molar-refractivity contribution is 5.80. The number of amides is 1. The van der Waals surface area contributed by atoms with E-state index in [0.717, 1.165) is 5.56 Å². The van der Waals surface area contributed by atoms with Crippen molar-refractivity contribution in [3.63, 3.8) is 0 Å². The molecule has 1 unspecified atom stereocenters. The molecule has 0 radical (unpaired) electrons. The van der Waals surface area contributed by atoms with E-state index >= 15 is 0 Å². The molecule has 0 saturated carbocycles. The zero-order valence-corrected chi connectivity index (χ0v) is 9.74. The van der Waals surface area contributed by atoms with E-state index in [2.05, 4.69) is 5.32 Å². The highest BCUT2D eigenvalue weighted by Gasteiger charge is 2.14. The third-order valence-corrected chi connectivity index (χ3v) is 2.51. The van der Waals surface area contributed by atoms with Gasteiger partial charge in [-0.05, 0) is 30.5 Å². The van der Waals surface area contributed by atoms with E-state index in [1.807, 2.05) is 6.07 Å². The van der Waals surface area contributed by atoms with Crippen LogP contribution in [0.4, 0.5) is 4.39 Å². The van der Waals surface area contributed by atoms with E-state index in [0.29, 0.717) is 19.4 Å². The summed E-state index contributed by atoms with van der Waals surface area (Å²) in [5.41, 5.74) is 0.955. The second-order valence-corrected chi connectivity index (χ2v) is 3.76. The minimum Gasteiger partial charge on any atom is -0.355 e. The van der Waals surface area contributed by atoms with Crippen LogP contribution in [0.2, 0.25) is 0 Å². The zero-order chi connectivity index (χ0) is 12.7. The topological polar surface area (TPSA) is 52.9 Å². The molecule has 1 aromatic rings. The molecule has 0 fully saturated rings. The van der Waals surface area contributed by atoms with E-state index in [-0.39, 0.29) is 11.7 Å². The van der Waals surface area contributed by atoms with E-state index in [1.54, 1.807) is 19.1 Å². The van der Waals surface area contributed by atoms with Gasteiger partial charge >= 0.3 is 0 Å². The van der Waals surface area contributed by atoms with Gasteiger partial charge in [0.2, 0.25) is 5.91 Å². The lowest BCUT2D eigenvalue weighted by Gasteiger charge is -2.08. The second kappa shape index (κ2) is 6.64. The standard InChI is InChI=1S/C13H15FN2O/c1-2-11(9-15)13(17)16-8-7-10-3-5-12(14)6-4-10/h3-6,11H,2,7-8H2,1H3,(H,16,17). The van der Waals surface area contributed by atoms with Gasteiger partial charge in [0, 0.05) is 6.54 Å². The largest absolute Gasteiger partial charge is 0.355 e. The number of carbonyl (C=O) groups excluding carboxylic acids is 1. The molecule has 0 saturated heterocycles. The van der Waals surface area contributed by atoms with Crippen LogP contribution in [-0.4, -0.2) is 12.5 Å². The maximum atomic E-state index is 12.6. The summed E-state index contributed by atoms with van der Waals surface area (Å²) < 4.78 is 12.6. The molecule has 17 heavy (non-hydrogen) atoms.